The second kappa shape index (κ2) is 8.56. The van der Waals surface area contributed by atoms with E-state index < -0.39 is 5.41 Å². The molecule has 3 aliphatic heterocycles. The zero-order chi connectivity index (χ0) is 30.9. The third-order valence-electron chi connectivity index (χ3n) is 11.2. The van der Waals surface area contributed by atoms with Crippen molar-refractivity contribution in [2.45, 2.75) is 102 Å². The standard InChI is InChI=1S/C37H42N4OS/c1-33(2,25-19-15-18-23-22-16-11-13-20-26(22)42-29(23)25)30(28-24-17-12-14-21-27(24)43-31(28)38)40-32-39-34(3,4)35(5,6)41(32)37(9,10)36(40,7)8/h11-21,38H,1-10H3/b30-28+,38-31?. The number of hydrogen-bond donors (Lipinski definition) is 1. The maximum atomic E-state index is 9.45. The van der Waals surface area contributed by atoms with Crippen molar-refractivity contribution in [3.05, 3.63) is 83.6 Å². The predicted molar refractivity (Wildman–Crippen MR) is 181 cm³/mol. The van der Waals surface area contributed by atoms with Crippen LogP contribution in [0.15, 0.2) is 86.7 Å². The average Bonchev–Trinajstić information content (AvgIpc) is 3.56. The van der Waals surface area contributed by atoms with Crippen LogP contribution >= 0.6 is 11.8 Å². The zero-order valence-electron chi connectivity index (χ0n) is 27.0. The Morgan fingerprint density at radius 1 is 0.791 bits per heavy atom. The second-order valence-corrected chi connectivity index (χ2v) is 15.9. The van der Waals surface area contributed by atoms with Crippen molar-refractivity contribution < 1.29 is 4.42 Å². The summed E-state index contributed by atoms with van der Waals surface area (Å²) in [7, 11) is 0. The van der Waals surface area contributed by atoms with Gasteiger partial charge in [0.25, 0.3) is 0 Å². The molecule has 222 valence electrons. The molecular formula is C37H42N4OS. The van der Waals surface area contributed by atoms with Crippen LogP contribution in [0, 0.1) is 5.41 Å². The molecule has 3 aliphatic rings. The predicted octanol–water partition coefficient (Wildman–Crippen LogP) is 9.46. The van der Waals surface area contributed by atoms with Crippen molar-refractivity contribution in [2.24, 2.45) is 4.99 Å². The van der Waals surface area contributed by atoms with Gasteiger partial charge in [0, 0.05) is 43.5 Å². The highest BCUT2D eigenvalue weighted by atomic mass is 32.2. The van der Waals surface area contributed by atoms with Crippen LogP contribution in [0.1, 0.15) is 80.4 Å². The van der Waals surface area contributed by atoms with Crippen LogP contribution in [0.5, 0.6) is 0 Å². The minimum absolute atomic E-state index is 0.216. The molecular weight excluding hydrogens is 549 g/mol. The van der Waals surface area contributed by atoms with Gasteiger partial charge in [0.1, 0.15) is 16.2 Å². The van der Waals surface area contributed by atoms with Crippen LogP contribution in [-0.2, 0) is 5.41 Å². The summed E-state index contributed by atoms with van der Waals surface area (Å²) in [6.45, 7) is 23.1. The van der Waals surface area contributed by atoms with Crippen LogP contribution in [0.3, 0.4) is 0 Å². The fourth-order valence-corrected chi connectivity index (χ4v) is 8.54. The fourth-order valence-electron chi connectivity index (χ4n) is 7.59. The molecule has 1 saturated heterocycles. The van der Waals surface area contributed by atoms with Crippen LogP contribution in [0.4, 0.5) is 0 Å². The summed E-state index contributed by atoms with van der Waals surface area (Å²) in [4.78, 5) is 11.7. The summed E-state index contributed by atoms with van der Waals surface area (Å²) in [5.41, 5.74) is 4.39. The van der Waals surface area contributed by atoms with Crippen molar-refractivity contribution in [3.63, 3.8) is 0 Å². The smallest absolute Gasteiger partial charge is 0.203 e. The van der Waals surface area contributed by atoms with Gasteiger partial charge in [-0.15, -0.1) is 0 Å². The zero-order valence-corrected chi connectivity index (χ0v) is 27.8. The number of aliphatic imine (C=N–C) groups is 1. The van der Waals surface area contributed by atoms with Crippen LogP contribution in [0.2, 0.25) is 0 Å². The number of thioether (sulfide) groups is 1. The normalized spacial score (nSPS) is 22.7. The van der Waals surface area contributed by atoms with Gasteiger partial charge in [-0.2, -0.15) is 0 Å². The van der Waals surface area contributed by atoms with E-state index in [-0.39, 0.29) is 22.2 Å². The Bertz CT molecular complexity index is 1920. The molecule has 1 fully saturated rings. The maximum absolute atomic E-state index is 9.45. The Kier molecular flexibility index (Phi) is 5.63. The van der Waals surface area contributed by atoms with E-state index in [1.54, 1.807) is 11.8 Å². The molecule has 43 heavy (non-hydrogen) atoms. The Morgan fingerprint density at radius 3 is 2.19 bits per heavy atom. The first-order valence-electron chi connectivity index (χ1n) is 15.3. The highest BCUT2D eigenvalue weighted by Gasteiger charge is 2.67. The van der Waals surface area contributed by atoms with Gasteiger partial charge in [0.2, 0.25) is 5.96 Å². The van der Waals surface area contributed by atoms with E-state index in [0.717, 1.165) is 55.2 Å². The van der Waals surface area contributed by atoms with Gasteiger partial charge in [-0.3, -0.25) is 5.41 Å². The number of hydrogen-bond acceptors (Lipinski definition) is 6. The number of fused-ring (bicyclic) bond motifs is 5. The van der Waals surface area contributed by atoms with E-state index in [2.05, 4.69) is 134 Å². The van der Waals surface area contributed by atoms with Gasteiger partial charge in [-0.1, -0.05) is 80.2 Å². The van der Waals surface area contributed by atoms with Crippen LogP contribution in [-0.4, -0.2) is 43.0 Å². The maximum Gasteiger partial charge on any atom is 0.203 e. The van der Waals surface area contributed by atoms with E-state index in [1.165, 1.54) is 0 Å². The largest absolute Gasteiger partial charge is 0.456 e. The number of nitrogens with one attached hydrogen (secondary N) is 1. The van der Waals surface area contributed by atoms with Gasteiger partial charge in [0.05, 0.1) is 22.2 Å². The van der Waals surface area contributed by atoms with Gasteiger partial charge >= 0.3 is 0 Å². The fraction of sp³-hybridized carbons (Fsp3) is 0.405. The molecule has 6 heteroatoms. The summed E-state index contributed by atoms with van der Waals surface area (Å²) in [6, 6.07) is 23.3. The molecule has 4 heterocycles. The van der Waals surface area contributed by atoms with E-state index in [0.29, 0.717) is 5.04 Å². The Labute approximate surface area is 259 Å². The lowest BCUT2D eigenvalue weighted by Gasteiger charge is -2.51. The van der Waals surface area contributed by atoms with Crippen LogP contribution < -0.4 is 0 Å². The Balaban J connectivity index is 1.59. The molecule has 7 rings (SSSR count). The number of allylic oxidation sites excluding steroid dienone is 1. The SMILES string of the molecule is CC(C)(/C(=C1\C(=N)Sc2ccccc21)N1C2=NC(C)(C)C(C)(C)N2C(C)(C)C1(C)C)c1cccc2c1oc1ccccc12. The number of guanidine groups is 1. The van der Waals surface area contributed by atoms with Gasteiger partial charge in [-0.05, 0) is 67.5 Å². The topological polar surface area (TPSA) is 55.8 Å². The highest BCUT2D eigenvalue weighted by Crippen LogP contribution is 2.58. The number of furan rings is 1. The molecule has 3 aromatic carbocycles. The quantitative estimate of drug-likeness (QED) is 0.258. The minimum Gasteiger partial charge on any atom is -0.456 e. The lowest BCUT2D eigenvalue weighted by atomic mass is 9.73. The first kappa shape index (κ1) is 28.3. The molecule has 0 atom stereocenters. The van der Waals surface area contributed by atoms with E-state index in [4.69, 9.17) is 9.41 Å². The van der Waals surface area contributed by atoms with Gasteiger partial charge in [-0.25, -0.2) is 4.99 Å². The molecule has 0 aliphatic carbocycles. The molecule has 4 aromatic rings. The third-order valence-corrected chi connectivity index (χ3v) is 12.2. The third kappa shape index (κ3) is 3.47. The number of benzene rings is 3. The van der Waals surface area contributed by atoms with E-state index in [9.17, 15) is 5.41 Å². The Hall–Kier alpha value is -3.51. The summed E-state index contributed by atoms with van der Waals surface area (Å²) in [5.74, 6) is 0.986. The van der Waals surface area contributed by atoms with Crippen molar-refractivity contribution in [1.82, 2.24) is 9.80 Å². The monoisotopic (exact) mass is 590 g/mol. The highest BCUT2D eigenvalue weighted by molar-refractivity contribution is 8.15. The number of rotatable bonds is 3. The molecule has 0 amide bonds. The van der Waals surface area contributed by atoms with Crippen molar-refractivity contribution in [1.29, 1.82) is 5.41 Å². The van der Waals surface area contributed by atoms with E-state index in [1.807, 2.05) is 12.1 Å². The summed E-state index contributed by atoms with van der Waals surface area (Å²) < 4.78 is 6.65. The van der Waals surface area contributed by atoms with Gasteiger partial charge in [0.15, 0.2) is 0 Å². The molecule has 5 nitrogen and oxygen atoms in total. The summed E-state index contributed by atoms with van der Waals surface area (Å²) >= 11 is 1.55. The first-order chi connectivity index (χ1) is 20.0. The van der Waals surface area contributed by atoms with Crippen LogP contribution in [0.25, 0.3) is 27.5 Å². The van der Waals surface area contributed by atoms with Crippen molar-refractivity contribution in [3.8, 4) is 0 Å². The number of para-hydroxylation sites is 2. The van der Waals surface area contributed by atoms with Gasteiger partial charge < -0.3 is 14.2 Å². The molecule has 1 aromatic heterocycles. The average molecular weight is 591 g/mol. The summed E-state index contributed by atoms with van der Waals surface area (Å²) in [6.07, 6.45) is 0. The molecule has 0 unspecified atom stereocenters. The van der Waals surface area contributed by atoms with Crippen molar-refractivity contribution in [2.75, 3.05) is 0 Å². The van der Waals surface area contributed by atoms with Crippen molar-refractivity contribution >= 4 is 50.3 Å². The summed E-state index contributed by atoms with van der Waals surface area (Å²) in [5, 5.41) is 12.3. The van der Waals surface area contributed by atoms with E-state index >= 15 is 0 Å². The molecule has 0 radical (unpaired) electrons. The molecule has 0 saturated carbocycles. The minimum atomic E-state index is -0.560. The molecule has 0 spiro atoms. The molecule has 1 N–H and O–H groups in total. The number of nitrogens with zero attached hydrogens (tertiary/aromatic N) is 3. The first-order valence-corrected chi connectivity index (χ1v) is 16.1. The lowest BCUT2D eigenvalue weighted by Crippen LogP contribution is -2.63. The Morgan fingerprint density at radius 2 is 1.44 bits per heavy atom. The molecule has 0 bridgehead atoms. The second-order valence-electron chi connectivity index (χ2n) is 14.9. The lowest BCUT2D eigenvalue weighted by molar-refractivity contribution is 0.0344.